The number of aromatic nitrogens is 1. The number of sulfonamides is 1. The normalized spacial score (nSPS) is 12.4. The fourth-order valence-electron chi connectivity index (χ4n) is 2.96. The van der Waals surface area contributed by atoms with Crippen LogP contribution in [-0.4, -0.2) is 56.3 Å². The van der Waals surface area contributed by atoms with Gasteiger partial charge in [-0.05, 0) is 70.5 Å². The first-order valence-electron chi connectivity index (χ1n) is 10.2. The second-order valence-electron chi connectivity index (χ2n) is 7.76. The van der Waals surface area contributed by atoms with E-state index in [1.807, 2.05) is 38.2 Å². The van der Waals surface area contributed by atoms with E-state index in [9.17, 15) is 13.5 Å². The zero-order chi connectivity index (χ0) is 22.4. The summed E-state index contributed by atoms with van der Waals surface area (Å²) in [5, 5.41) is 12.6. The summed E-state index contributed by atoms with van der Waals surface area (Å²) in [6.07, 6.45) is 2.57. The van der Waals surface area contributed by atoms with Crippen molar-refractivity contribution in [3.63, 3.8) is 0 Å². The molecule has 0 bridgehead atoms. The minimum atomic E-state index is -3.75. The zero-order valence-electron chi connectivity index (χ0n) is 18.4. The van der Waals surface area contributed by atoms with Crippen LogP contribution in [0.5, 0.6) is 5.75 Å². The standard InChI is InChI=1S/C21H33N3O4S2/c1-6-21(25,7-2)11-10-17-15-29-20(22-17)23-30(26,27)19-9-8-18(14-16(19)3)28-13-12-24(4)5/h8-9,14-15,25H,6-7,10-13H2,1-5H3,(H,22,23). The van der Waals surface area contributed by atoms with Gasteiger partial charge in [-0.1, -0.05) is 13.8 Å². The highest BCUT2D eigenvalue weighted by atomic mass is 32.2. The van der Waals surface area contributed by atoms with Crippen LogP contribution in [-0.2, 0) is 16.4 Å². The van der Waals surface area contributed by atoms with Gasteiger partial charge in [0, 0.05) is 11.9 Å². The fraction of sp³-hybridized carbons (Fsp3) is 0.571. The van der Waals surface area contributed by atoms with Crippen LogP contribution in [0.4, 0.5) is 5.13 Å². The maximum atomic E-state index is 12.8. The van der Waals surface area contributed by atoms with Crippen LogP contribution in [0, 0.1) is 6.92 Å². The van der Waals surface area contributed by atoms with Crippen molar-refractivity contribution in [2.45, 2.75) is 57.0 Å². The van der Waals surface area contributed by atoms with Crippen molar-refractivity contribution < 1.29 is 18.3 Å². The zero-order valence-corrected chi connectivity index (χ0v) is 20.1. The van der Waals surface area contributed by atoms with Crippen LogP contribution in [0.3, 0.4) is 0 Å². The maximum absolute atomic E-state index is 12.8. The Bertz CT molecular complexity index is 922. The number of aryl methyl sites for hydroxylation is 2. The van der Waals surface area contributed by atoms with E-state index in [4.69, 9.17) is 4.74 Å². The fourth-order valence-corrected chi connectivity index (χ4v) is 5.19. The van der Waals surface area contributed by atoms with Crippen molar-refractivity contribution in [3.8, 4) is 5.75 Å². The minimum absolute atomic E-state index is 0.200. The molecule has 2 rings (SSSR count). The molecule has 2 N–H and O–H groups in total. The maximum Gasteiger partial charge on any atom is 0.263 e. The third-order valence-corrected chi connectivity index (χ3v) is 7.61. The largest absolute Gasteiger partial charge is 0.492 e. The molecule has 0 aliphatic heterocycles. The summed E-state index contributed by atoms with van der Waals surface area (Å²) in [6.45, 7) is 6.98. The smallest absolute Gasteiger partial charge is 0.263 e. The van der Waals surface area contributed by atoms with Gasteiger partial charge in [-0.15, -0.1) is 11.3 Å². The average Bonchev–Trinajstić information content (AvgIpc) is 3.12. The third-order valence-electron chi connectivity index (χ3n) is 5.18. The lowest BCUT2D eigenvalue weighted by atomic mass is 9.91. The van der Waals surface area contributed by atoms with Gasteiger partial charge in [0.15, 0.2) is 5.13 Å². The number of nitrogens with one attached hydrogen (secondary N) is 1. The summed E-state index contributed by atoms with van der Waals surface area (Å²) in [5.41, 5.74) is 0.688. The molecule has 0 radical (unpaired) electrons. The van der Waals surface area contributed by atoms with Gasteiger partial charge in [-0.3, -0.25) is 4.72 Å². The minimum Gasteiger partial charge on any atom is -0.492 e. The number of ether oxygens (including phenoxy) is 1. The molecule has 0 unspecified atom stereocenters. The lowest BCUT2D eigenvalue weighted by Crippen LogP contribution is -2.27. The Kier molecular flexibility index (Phi) is 8.66. The molecule has 1 aromatic carbocycles. The van der Waals surface area contributed by atoms with E-state index in [1.54, 1.807) is 25.1 Å². The molecule has 2 aromatic rings. The molecule has 0 amide bonds. The van der Waals surface area contributed by atoms with Crippen LogP contribution >= 0.6 is 11.3 Å². The Morgan fingerprint density at radius 2 is 1.97 bits per heavy atom. The molecule has 0 saturated heterocycles. The number of hydrogen-bond donors (Lipinski definition) is 2. The van der Waals surface area contributed by atoms with Crippen molar-refractivity contribution in [3.05, 3.63) is 34.8 Å². The van der Waals surface area contributed by atoms with Crippen LogP contribution in [0.1, 0.15) is 44.4 Å². The number of benzene rings is 1. The lowest BCUT2D eigenvalue weighted by Gasteiger charge is -2.24. The van der Waals surface area contributed by atoms with Crippen molar-refractivity contribution >= 4 is 26.5 Å². The monoisotopic (exact) mass is 455 g/mol. The van der Waals surface area contributed by atoms with Gasteiger partial charge in [-0.2, -0.15) is 0 Å². The molecule has 30 heavy (non-hydrogen) atoms. The van der Waals surface area contributed by atoms with Crippen molar-refractivity contribution in [2.75, 3.05) is 32.0 Å². The third kappa shape index (κ3) is 6.94. The first-order valence-corrected chi connectivity index (χ1v) is 12.5. The summed E-state index contributed by atoms with van der Waals surface area (Å²) in [5.74, 6) is 0.643. The topological polar surface area (TPSA) is 91.8 Å². The summed E-state index contributed by atoms with van der Waals surface area (Å²) in [6, 6.07) is 4.95. The molecule has 9 heteroatoms. The Balaban J connectivity index is 2.04. The highest BCUT2D eigenvalue weighted by Gasteiger charge is 2.23. The predicted octanol–water partition coefficient (Wildman–Crippen LogP) is 3.68. The summed E-state index contributed by atoms with van der Waals surface area (Å²) < 4.78 is 33.9. The van der Waals surface area contributed by atoms with E-state index in [1.165, 1.54) is 11.3 Å². The van der Waals surface area contributed by atoms with Gasteiger partial charge in [0.1, 0.15) is 12.4 Å². The van der Waals surface area contributed by atoms with Crippen LogP contribution in [0.15, 0.2) is 28.5 Å². The Morgan fingerprint density at radius 1 is 1.27 bits per heavy atom. The Morgan fingerprint density at radius 3 is 2.57 bits per heavy atom. The highest BCUT2D eigenvalue weighted by Crippen LogP contribution is 2.27. The van der Waals surface area contributed by atoms with Crippen molar-refractivity contribution in [1.29, 1.82) is 0 Å². The van der Waals surface area contributed by atoms with Gasteiger partial charge >= 0.3 is 0 Å². The van der Waals surface area contributed by atoms with Gasteiger partial charge in [0.25, 0.3) is 10.0 Å². The van der Waals surface area contributed by atoms with E-state index in [0.717, 1.165) is 12.2 Å². The first kappa shape index (κ1) is 24.6. The quantitative estimate of drug-likeness (QED) is 0.507. The average molecular weight is 456 g/mol. The second-order valence-corrected chi connectivity index (χ2v) is 10.3. The van der Waals surface area contributed by atoms with E-state index >= 15 is 0 Å². The molecular formula is C21H33N3O4S2. The molecule has 0 saturated carbocycles. The number of nitrogens with zero attached hydrogens (tertiary/aromatic N) is 2. The number of aliphatic hydroxyl groups is 1. The number of rotatable bonds is 12. The van der Waals surface area contributed by atoms with Crippen LogP contribution in [0.2, 0.25) is 0 Å². The summed E-state index contributed by atoms with van der Waals surface area (Å²) >= 11 is 1.25. The number of anilines is 1. The number of likely N-dealkylation sites (N-methyl/N-ethyl adjacent to an activating group) is 1. The highest BCUT2D eigenvalue weighted by molar-refractivity contribution is 7.93. The predicted molar refractivity (Wildman–Crippen MR) is 122 cm³/mol. The number of hydrogen-bond acceptors (Lipinski definition) is 7. The SMILES string of the molecule is CCC(O)(CC)CCc1csc(NS(=O)(=O)c2ccc(OCCN(C)C)cc2C)n1. The molecule has 7 nitrogen and oxygen atoms in total. The Labute approximate surface area is 184 Å². The second kappa shape index (κ2) is 10.6. The van der Waals surface area contributed by atoms with E-state index in [2.05, 4.69) is 9.71 Å². The molecule has 0 aliphatic rings. The van der Waals surface area contributed by atoms with Gasteiger partial charge in [-0.25, -0.2) is 13.4 Å². The van der Waals surface area contributed by atoms with Crippen LogP contribution < -0.4 is 9.46 Å². The van der Waals surface area contributed by atoms with Gasteiger partial charge in [0.05, 0.1) is 16.2 Å². The summed E-state index contributed by atoms with van der Waals surface area (Å²) in [7, 11) is 0.183. The molecular weight excluding hydrogens is 422 g/mol. The first-order chi connectivity index (χ1) is 14.1. The number of thiazole rings is 1. The van der Waals surface area contributed by atoms with E-state index in [-0.39, 0.29) is 4.90 Å². The summed E-state index contributed by atoms with van der Waals surface area (Å²) in [4.78, 5) is 6.60. The van der Waals surface area contributed by atoms with E-state index < -0.39 is 15.6 Å². The van der Waals surface area contributed by atoms with Crippen molar-refractivity contribution in [1.82, 2.24) is 9.88 Å². The Hall–Kier alpha value is -1.68. The molecule has 0 fully saturated rings. The molecule has 0 atom stereocenters. The van der Waals surface area contributed by atoms with Gasteiger partial charge < -0.3 is 14.7 Å². The lowest BCUT2D eigenvalue weighted by molar-refractivity contribution is 0.0237. The molecule has 0 aliphatic carbocycles. The molecule has 0 spiro atoms. The molecule has 1 aromatic heterocycles. The van der Waals surface area contributed by atoms with Crippen LogP contribution in [0.25, 0.3) is 0 Å². The van der Waals surface area contributed by atoms with Gasteiger partial charge in [0.2, 0.25) is 0 Å². The van der Waals surface area contributed by atoms with E-state index in [0.29, 0.717) is 48.7 Å². The van der Waals surface area contributed by atoms with Crippen molar-refractivity contribution in [2.24, 2.45) is 0 Å². The molecule has 1 heterocycles. The molecule has 168 valence electrons.